The first-order valence-corrected chi connectivity index (χ1v) is 7.07. The number of amides is 1. The van der Waals surface area contributed by atoms with E-state index in [1.165, 1.54) is 6.07 Å². The lowest BCUT2D eigenvalue weighted by molar-refractivity contribution is -0.143. The van der Waals surface area contributed by atoms with Crippen molar-refractivity contribution in [2.75, 3.05) is 13.1 Å². The Morgan fingerprint density at radius 3 is 2.74 bits per heavy atom. The van der Waals surface area contributed by atoms with Crippen LogP contribution in [-0.2, 0) is 4.79 Å². The maximum atomic E-state index is 12.3. The molecule has 1 saturated heterocycles. The van der Waals surface area contributed by atoms with Crippen LogP contribution in [0.3, 0.4) is 0 Å². The number of piperidine rings is 1. The van der Waals surface area contributed by atoms with Crippen LogP contribution in [0.4, 0.5) is 0 Å². The van der Waals surface area contributed by atoms with Crippen LogP contribution in [0.1, 0.15) is 23.2 Å². The summed E-state index contributed by atoms with van der Waals surface area (Å²) in [5.74, 6) is -1.51. The molecule has 1 fully saturated rings. The highest BCUT2D eigenvalue weighted by Gasteiger charge is 2.28. The minimum Gasteiger partial charge on any atom is -0.507 e. The highest BCUT2D eigenvalue weighted by atomic mass is 127. The molecule has 2 rings (SSSR count). The molecule has 1 atom stereocenters. The van der Waals surface area contributed by atoms with Crippen LogP contribution in [0.2, 0.25) is 0 Å². The van der Waals surface area contributed by atoms with E-state index in [9.17, 15) is 14.7 Å². The van der Waals surface area contributed by atoms with Gasteiger partial charge < -0.3 is 15.1 Å². The van der Waals surface area contributed by atoms with Gasteiger partial charge in [-0.25, -0.2) is 0 Å². The number of carboxylic acids is 1. The summed E-state index contributed by atoms with van der Waals surface area (Å²) in [6, 6.07) is 4.74. The first kappa shape index (κ1) is 14.1. The zero-order chi connectivity index (χ0) is 14.0. The van der Waals surface area contributed by atoms with Crippen molar-refractivity contribution >= 4 is 34.5 Å². The second-order valence-corrected chi connectivity index (χ2v) is 5.76. The van der Waals surface area contributed by atoms with Crippen LogP contribution >= 0.6 is 22.6 Å². The number of benzene rings is 1. The van der Waals surface area contributed by atoms with Crippen molar-refractivity contribution in [1.82, 2.24) is 4.90 Å². The predicted octanol–water partition coefficient (Wildman–Crippen LogP) is 1.93. The number of phenols is 1. The number of carboxylic acid groups (broad SMARTS) is 1. The lowest BCUT2D eigenvalue weighted by Gasteiger charge is -2.30. The predicted molar refractivity (Wildman–Crippen MR) is 77.1 cm³/mol. The van der Waals surface area contributed by atoms with Crippen LogP contribution < -0.4 is 0 Å². The number of nitrogens with zero attached hydrogens (tertiary/aromatic N) is 1. The molecule has 1 aliphatic heterocycles. The molecule has 6 heteroatoms. The molecule has 0 spiro atoms. The molecule has 1 aliphatic rings. The van der Waals surface area contributed by atoms with Crippen molar-refractivity contribution in [1.29, 1.82) is 0 Å². The van der Waals surface area contributed by atoms with E-state index in [1.54, 1.807) is 17.0 Å². The number of likely N-dealkylation sites (tertiary alicyclic amines) is 1. The molecule has 0 bridgehead atoms. The van der Waals surface area contributed by atoms with E-state index in [2.05, 4.69) is 0 Å². The van der Waals surface area contributed by atoms with Crippen molar-refractivity contribution in [2.24, 2.45) is 5.92 Å². The van der Waals surface area contributed by atoms with E-state index in [4.69, 9.17) is 5.11 Å². The Balaban J connectivity index is 2.14. The molecule has 102 valence electrons. The molecule has 1 amide bonds. The Morgan fingerprint density at radius 1 is 1.37 bits per heavy atom. The first-order valence-electron chi connectivity index (χ1n) is 5.99. The molecule has 5 nitrogen and oxygen atoms in total. The normalized spacial score (nSPS) is 19.2. The highest BCUT2D eigenvalue weighted by Crippen LogP contribution is 2.23. The molecule has 0 saturated carbocycles. The van der Waals surface area contributed by atoms with E-state index in [0.717, 1.165) is 0 Å². The molecule has 1 heterocycles. The van der Waals surface area contributed by atoms with Gasteiger partial charge in [-0.3, -0.25) is 9.59 Å². The maximum Gasteiger partial charge on any atom is 0.308 e. The zero-order valence-electron chi connectivity index (χ0n) is 10.2. The second kappa shape index (κ2) is 5.77. The quantitative estimate of drug-likeness (QED) is 0.775. The molecular weight excluding hydrogens is 361 g/mol. The number of carbonyl (C=O) groups is 2. The standard InChI is InChI=1S/C13H14INO4/c14-10-4-3-8(6-11(10)16)12(17)15-5-1-2-9(7-15)13(18)19/h3-4,6,9,16H,1-2,5,7H2,(H,18,19)/t9-/m0/s1. The average Bonchev–Trinajstić information content (AvgIpc) is 2.41. The van der Waals surface area contributed by atoms with Gasteiger partial charge in [0.15, 0.2) is 0 Å². The SMILES string of the molecule is O=C(O)[C@H]1CCCN(C(=O)c2ccc(I)c(O)c2)C1. The number of aromatic hydroxyl groups is 1. The molecule has 0 aliphatic carbocycles. The topological polar surface area (TPSA) is 77.8 Å². The van der Waals surface area contributed by atoms with Gasteiger partial charge in [0.2, 0.25) is 0 Å². The fraction of sp³-hybridized carbons (Fsp3) is 0.385. The number of aliphatic carboxylic acids is 1. The van der Waals surface area contributed by atoms with E-state index in [1.807, 2.05) is 22.6 Å². The molecule has 19 heavy (non-hydrogen) atoms. The molecule has 2 N–H and O–H groups in total. The van der Waals surface area contributed by atoms with Gasteiger partial charge in [0.1, 0.15) is 5.75 Å². The smallest absolute Gasteiger partial charge is 0.308 e. The van der Waals surface area contributed by atoms with Gasteiger partial charge in [-0.1, -0.05) is 0 Å². The van der Waals surface area contributed by atoms with Crippen molar-refractivity contribution in [3.8, 4) is 5.75 Å². The summed E-state index contributed by atoms with van der Waals surface area (Å²) in [5, 5.41) is 18.6. The Hall–Kier alpha value is -1.31. The van der Waals surface area contributed by atoms with E-state index >= 15 is 0 Å². The van der Waals surface area contributed by atoms with E-state index in [0.29, 0.717) is 28.5 Å². The molecular formula is C13H14INO4. The van der Waals surface area contributed by atoms with E-state index < -0.39 is 11.9 Å². The minimum absolute atomic E-state index is 0.0678. The third-order valence-electron chi connectivity index (χ3n) is 3.25. The summed E-state index contributed by atoms with van der Waals surface area (Å²) in [4.78, 5) is 24.8. The summed E-state index contributed by atoms with van der Waals surface area (Å²) >= 11 is 1.98. The van der Waals surface area contributed by atoms with Gasteiger partial charge >= 0.3 is 5.97 Å². The van der Waals surface area contributed by atoms with Crippen molar-refractivity contribution in [3.05, 3.63) is 27.3 Å². The number of hydrogen-bond donors (Lipinski definition) is 2. The van der Waals surface area contributed by atoms with Crippen LogP contribution in [0.15, 0.2) is 18.2 Å². The molecule has 0 aromatic heterocycles. The maximum absolute atomic E-state index is 12.3. The van der Waals surface area contributed by atoms with Gasteiger partial charge in [-0.15, -0.1) is 0 Å². The third-order valence-corrected chi connectivity index (χ3v) is 4.16. The summed E-state index contributed by atoms with van der Waals surface area (Å²) in [6.07, 6.45) is 1.30. The average molecular weight is 375 g/mol. The Bertz CT molecular complexity index is 517. The molecule has 0 radical (unpaired) electrons. The van der Waals surface area contributed by atoms with Gasteiger partial charge in [0, 0.05) is 18.7 Å². The summed E-state index contributed by atoms with van der Waals surface area (Å²) in [7, 11) is 0. The van der Waals surface area contributed by atoms with Gasteiger partial charge in [-0.05, 0) is 53.6 Å². The largest absolute Gasteiger partial charge is 0.507 e. The monoisotopic (exact) mass is 375 g/mol. The van der Waals surface area contributed by atoms with Crippen LogP contribution in [0, 0.1) is 9.49 Å². The number of hydrogen-bond acceptors (Lipinski definition) is 3. The number of carbonyl (C=O) groups excluding carboxylic acids is 1. The summed E-state index contributed by atoms with van der Waals surface area (Å²) in [6.45, 7) is 0.802. The van der Waals surface area contributed by atoms with E-state index in [-0.39, 0.29) is 18.2 Å². The van der Waals surface area contributed by atoms with Crippen LogP contribution in [-0.4, -0.2) is 40.1 Å². The van der Waals surface area contributed by atoms with Crippen LogP contribution in [0.5, 0.6) is 5.75 Å². The van der Waals surface area contributed by atoms with Gasteiger partial charge in [0.25, 0.3) is 5.91 Å². The first-order chi connectivity index (χ1) is 8.99. The number of halogens is 1. The van der Waals surface area contributed by atoms with Crippen molar-refractivity contribution in [2.45, 2.75) is 12.8 Å². The highest BCUT2D eigenvalue weighted by molar-refractivity contribution is 14.1. The lowest BCUT2D eigenvalue weighted by atomic mass is 9.97. The molecule has 1 aromatic carbocycles. The minimum atomic E-state index is -0.858. The van der Waals surface area contributed by atoms with Gasteiger partial charge in [0.05, 0.1) is 9.49 Å². The fourth-order valence-electron chi connectivity index (χ4n) is 2.19. The van der Waals surface area contributed by atoms with Crippen molar-refractivity contribution in [3.63, 3.8) is 0 Å². The lowest BCUT2D eigenvalue weighted by Crippen LogP contribution is -2.42. The second-order valence-electron chi connectivity index (χ2n) is 4.59. The molecule has 0 unspecified atom stereocenters. The Kier molecular flexibility index (Phi) is 4.28. The fourth-order valence-corrected chi connectivity index (χ4v) is 2.53. The summed E-state index contributed by atoms with van der Waals surface area (Å²) < 4.78 is 0.677. The number of rotatable bonds is 2. The van der Waals surface area contributed by atoms with Gasteiger partial charge in [-0.2, -0.15) is 0 Å². The van der Waals surface area contributed by atoms with Crippen LogP contribution in [0.25, 0.3) is 0 Å². The Labute approximate surface area is 124 Å². The summed E-state index contributed by atoms with van der Waals surface area (Å²) in [5.41, 5.74) is 0.393. The Morgan fingerprint density at radius 2 is 2.11 bits per heavy atom. The van der Waals surface area contributed by atoms with Crippen molar-refractivity contribution < 1.29 is 19.8 Å². The molecule has 1 aromatic rings. The third kappa shape index (κ3) is 3.17. The number of phenolic OH excluding ortho intramolecular Hbond substituents is 1. The zero-order valence-corrected chi connectivity index (χ0v) is 12.3.